The third-order valence-corrected chi connectivity index (χ3v) is 7.17. The van der Waals surface area contributed by atoms with Crippen molar-refractivity contribution in [3.8, 4) is 5.75 Å². The Kier molecular flexibility index (Phi) is 7.90. The van der Waals surface area contributed by atoms with E-state index in [2.05, 4.69) is 30.6 Å². The number of fused-ring (bicyclic) bond motifs is 1. The van der Waals surface area contributed by atoms with E-state index in [-0.39, 0.29) is 18.8 Å². The first-order chi connectivity index (χ1) is 19.7. The molecule has 0 radical (unpaired) electrons. The average Bonchev–Trinajstić information content (AvgIpc) is 3.39. The number of anilines is 3. The Morgan fingerprint density at radius 2 is 1.85 bits per heavy atom. The fourth-order valence-electron chi connectivity index (χ4n) is 5.11. The highest BCUT2D eigenvalue weighted by molar-refractivity contribution is 5.98. The molecule has 0 bridgehead atoms. The number of carboxylic acid groups (broad SMARTS) is 1. The standard InChI is InChI=1S/C27H28F3N7O4/c28-27(29,30)21-19(22(38)36-26(23(39)40)8-2-1-3-9-26)16-34-25(35-21)37-13-7-17-15-18(5-6-20(17)37)41-14-12-33-24-31-10-4-11-32-24/h4-6,10-11,15-16H,1-3,7-9,12-14H2,(H,36,38)(H,39,40)(H,31,32,33). The van der Waals surface area contributed by atoms with Crippen molar-refractivity contribution in [1.29, 1.82) is 0 Å². The minimum Gasteiger partial charge on any atom is -0.492 e. The van der Waals surface area contributed by atoms with E-state index in [9.17, 15) is 27.9 Å². The van der Waals surface area contributed by atoms with E-state index in [1.54, 1.807) is 35.5 Å². The average molecular weight is 572 g/mol. The normalized spacial score (nSPS) is 16.1. The van der Waals surface area contributed by atoms with Gasteiger partial charge in [-0.15, -0.1) is 0 Å². The molecule has 1 aliphatic heterocycles. The number of aliphatic carboxylic acids is 1. The molecule has 1 amide bonds. The number of carbonyl (C=O) groups excluding carboxylic acids is 1. The summed E-state index contributed by atoms with van der Waals surface area (Å²) < 4.78 is 48.0. The van der Waals surface area contributed by atoms with E-state index >= 15 is 0 Å². The Morgan fingerprint density at radius 3 is 2.56 bits per heavy atom. The van der Waals surface area contributed by atoms with Crippen LogP contribution < -0.4 is 20.3 Å². The summed E-state index contributed by atoms with van der Waals surface area (Å²) in [5.74, 6) is -1.56. The molecule has 1 fully saturated rings. The van der Waals surface area contributed by atoms with Gasteiger partial charge < -0.3 is 25.4 Å². The molecule has 0 atom stereocenters. The molecule has 216 valence electrons. The van der Waals surface area contributed by atoms with Gasteiger partial charge in [0.15, 0.2) is 5.69 Å². The molecule has 0 spiro atoms. The second-order valence-electron chi connectivity index (χ2n) is 9.87. The molecular weight excluding hydrogens is 543 g/mol. The Bertz CT molecular complexity index is 1420. The number of rotatable bonds is 9. The highest BCUT2D eigenvalue weighted by Gasteiger charge is 2.44. The number of ether oxygens (including phenoxy) is 1. The van der Waals surface area contributed by atoms with Crippen molar-refractivity contribution in [1.82, 2.24) is 25.3 Å². The minimum absolute atomic E-state index is 0.141. The molecule has 1 saturated carbocycles. The third kappa shape index (κ3) is 6.15. The Labute approximate surface area is 233 Å². The van der Waals surface area contributed by atoms with Crippen LogP contribution in [-0.4, -0.2) is 62.2 Å². The van der Waals surface area contributed by atoms with Gasteiger partial charge >= 0.3 is 12.1 Å². The first kappa shape index (κ1) is 28.1. The quantitative estimate of drug-likeness (QED) is 0.323. The summed E-state index contributed by atoms with van der Waals surface area (Å²) in [6.45, 7) is 1.14. The van der Waals surface area contributed by atoms with Gasteiger partial charge in [-0.25, -0.2) is 24.7 Å². The van der Waals surface area contributed by atoms with Crippen molar-refractivity contribution in [2.75, 3.05) is 29.9 Å². The molecular formula is C27H28F3N7O4. The van der Waals surface area contributed by atoms with E-state index < -0.39 is 34.8 Å². The highest BCUT2D eigenvalue weighted by atomic mass is 19.4. The number of nitrogens with one attached hydrogen (secondary N) is 2. The Balaban J connectivity index is 1.31. The second-order valence-corrected chi connectivity index (χ2v) is 9.87. The fourth-order valence-corrected chi connectivity index (χ4v) is 5.11. The number of alkyl halides is 3. The van der Waals surface area contributed by atoms with Crippen molar-refractivity contribution in [3.63, 3.8) is 0 Å². The largest absolute Gasteiger partial charge is 0.492 e. The minimum atomic E-state index is -4.97. The van der Waals surface area contributed by atoms with Crippen LogP contribution in [0.15, 0.2) is 42.9 Å². The zero-order valence-corrected chi connectivity index (χ0v) is 21.9. The Morgan fingerprint density at radius 1 is 1.10 bits per heavy atom. The summed E-state index contributed by atoms with van der Waals surface area (Å²) in [5.41, 5.74) is -2.37. The third-order valence-electron chi connectivity index (χ3n) is 7.17. The molecule has 1 aromatic carbocycles. The topological polar surface area (TPSA) is 142 Å². The first-order valence-corrected chi connectivity index (χ1v) is 13.2. The summed E-state index contributed by atoms with van der Waals surface area (Å²) >= 11 is 0. The first-order valence-electron chi connectivity index (χ1n) is 13.2. The number of benzene rings is 1. The number of carbonyl (C=O) groups is 2. The predicted octanol–water partition coefficient (Wildman–Crippen LogP) is 3.99. The maximum Gasteiger partial charge on any atom is 0.434 e. The van der Waals surface area contributed by atoms with Gasteiger partial charge in [0.1, 0.15) is 17.9 Å². The lowest BCUT2D eigenvalue weighted by atomic mass is 9.81. The van der Waals surface area contributed by atoms with Crippen LogP contribution in [0, 0.1) is 0 Å². The number of hydrogen-bond acceptors (Lipinski definition) is 9. The summed E-state index contributed by atoms with van der Waals surface area (Å²) in [5, 5.41) is 15.1. The van der Waals surface area contributed by atoms with Gasteiger partial charge in [0.25, 0.3) is 5.91 Å². The van der Waals surface area contributed by atoms with Crippen molar-refractivity contribution in [2.24, 2.45) is 0 Å². The van der Waals surface area contributed by atoms with Gasteiger partial charge in [-0.3, -0.25) is 4.79 Å². The van der Waals surface area contributed by atoms with Gasteiger partial charge in [-0.1, -0.05) is 19.3 Å². The predicted molar refractivity (Wildman–Crippen MR) is 141 cm³/mol. The maximum atomic E-state index is 14.1. The van der Waals surface area contributed by atoms with Crippen molar-refractivity contribution < 1.29 is 32.6 Å². The molecule has 2 aromatic heterocycles. The number of aromatic nitrogens is 4. The van der Waals surface area contributed by atoms with Gasteiger partial charge in [0.05, 0.1) is 12.1 Å². The van der Waals surface area contributed by atoms with E-state index in [1.807, 2.05) is 6.07 Å². The van der Waals surface area contributed by atoms with Crippen molar-refractivity contribution in [2.45, 2.75) is 50.2 Å². The van der Waals surface area contributed by atoms with E-state index in [0.29, 0.717) is 56.3 Å². The smallest absolute Gasteiger partial charge is 0.434 e. The lowest BCUT2D eigenvalue weighted by molar-refractivity contribution is -0.145. The van der Waals surface area contributed by atoms with Gasteiger partial charge in [-0.2, -0.15) is 13.2 Å². The number of amides is 1. The molecule has 0 saturated heterocycles. The zero-order chi connectivity index (χ0) is 29.0. The lowest BCUT2D eigenvalue weighted by Crippen LogP contribution is -2.55. The van der Waals surface area contributed by atoms with Crippen LogP contribution in [0.1, 0.15) is 53.7 Å². The highest BCUT2D eigenvalue weighted by Crippen LogP contribution is 2.38. The van der Waals surface area contributed by atoms with Gasteiger partial charge in [0, 0.05) is 30.8 Å². The number of halogens is 3. The number of nitrogens with zero attached hydrogens (tertiary/aromatic N) is 5. The van der Waals surface area contributed by atoms with Crippen LogP contribution in [0.4, 0.5) is 30.8 Å². The molecule has 1 aliphatic carbocycles. The van der Waals surface area contributed by atoms with Crippen LogP contribution >= 0.6 is 0 Å². The molecule has 5 rings (SSSR count). The summed E-state index contributed by atoms with van der Waals surface area (Å²) in [6.07, 6.45) is 1.80. The Hall–Kier alpha value is -4.49. The molecule has 3 N–H and O–H groups in total. The van der Waals surface area contributed by atoms with Crippen LogP contribution in [0.2, 0.25) is 0 Å². The molecule has 41 heavy (non-hydrogen) atoms. The van der Waals surface area contributed by atoms with E-state index in [0.717, 1.165) is 18.2 Å². The molecule has 2 aliphatic rings. The second kappa shape index (κ2) is 11.6. The van der Waals surface area contributed by atoms with E-state index in [1.165, 1.54) is 0 Å². The van der Waals surface area contributed by atoms with Crippen molar-refractivity contribution >= 4 is 29.5 Å². The van der Waals surface area contributed by atoms with Crippen LogP contribution in [0.3, 0.4) is 0 Å². The fraction of sp³-hybridized carbons (Fsp3) is 0.407. The SMILES string of the molecule is O=C(NC1(C(=O)O)CCCCC1)c1cnc(N2CCc3cc(OCCNc4ncccn4)ccc32)nc1C(F)(F)F. The van der Waals surface area contributed by atoms with Gasteiger partial charge in [0.2, 0.25) is 11.9 Å². The number of carboxylic acids is 1. The van der Waals surface area contributed by atoms with Crippen LogP contribution in [0.25, 0.3) is 0 Å². The molecule has 0 unspecified atom stereocenters. The monoisotopic (exact) mass is 571 g/mol. The molecule has 14 heteroatoms. The van der Waals surface area contributed by atoms with E-state index in [4.69, 9.17) is 4.74 Å². The molecule has 11 nitrogen and oxygen atoms in total. The summed E-state index contributed by atoms with van der Waals surface area (Å²) in [7, 11) is 0. The van der Waals surface area contributed by atoms with Gasteiger partial charge in [-0.05, 0) is 49.1 Å². The maximum absolute atomic E-state index is 14.1. The summed E-state index contributed by atoms with van der Waals surface area (Å²) in [6, 6.07) is 6.96. The molecule has 3 aromatic rings. The summed E-state index contributed by atoms with van der Waals surface area (Å²) in [4.78, 5) is 42.4. The van der Waals surface area contributed by atoms with Crippen molar-refractivity contribution in [3.05, 3.63) is 59.7 Å². The number of hydrogen-bond donors (Lipinski definition) is 3. The lowest BCUT2D eigenvalue weighted by Gasteiger charge is -2.34. The van der Waals surface area contributed by atoms with Crippen LogP contribution in [-0.2, 0) is 17.4 Å². The molecule has 3 heterocycles. The van der Waals surface area contributed by atoms with Crippen LogP contribution in [0.5, 0.6) is 5.75 Å². The zero-order valence-electron chi connectivity index (χ0n) is 21.9.